The molecule has 0 radical (unpaired) electrons. The first-order valence-corrected chi connectivity index (χ1v) is 6.34. The third kappa shape index (κ3) is 3.82. The van der Waals surface area contributed by atoms with Crippen LogP contribution in [0.4, 0.5) is 4.39 Å². The molecular formula is C17H13FN2O. The van der Waals surface area contributed by atoms with Crippen LogP contribution in [0.3, 0.4) is 0 Å². The quantitative estimate of drug-likeness (QED) is 0.879. The van der Waals surface area contributed by atoms with Gasteiger partial charge in [-0.25, -0.2) is 4.39 Å². The largest absolute Gasteiger partial charge is 0.486 e. The molecule has 0 aliphatic carbocycles. The molecule has 21 heavy (non-hydrogen) atoms. The molecule has 104 valence electrons. The van der Waals surface area contributed by atoms with Crippen molar-refractivity contribution in [1.82, 2.24) is 0 Å². The Morgan fingerprint density at radius 3 is 2.71 bits per heavy atom. The van der Waals surface area contributed by atoms with E-state index < -0.39 is 5.82 Å². The molecule has 0 heterocycles. The predicted molar refractivity (Wildman–Crippen MR) is 77.8 cm³/mol. The van der Waals surface area contributed by atoms with Crippen LogP contribution in [0.15, 0.2) is 42.5 Å². The van der Waals surface area contributed by atoms with Gasteiger partial charge in [0.2, 0.25) is 0 Å². The molecule has 0 spiro atoms. The van der Waals surface area contributed by atoms with Crippen molar-refractivity contribution in [3.8, 4) is 23.7 Å². The average molecular weight is 280 g/mol. The molecule has 0 atom stereocenters. The Kier molecular flexibility index (Phi) is 4.93. The highest BCUT2D eigenvalue weighted by Crippen LogP contribution is 2.20. The van der Waals surface area contributed by atoms with Gasteiger partial charge >= 0.3 is 0 Å². The van der Waals surface area contributed by atoms with E-state index in [9.17, 15) is 4.39 Å². The molecule has 2 aromatic rings. The number of ether oxygens (including phenoxy) is 1. The Hall–Kier alpha value is -2.82. The standard InChI is InChI=1S/C17H13FN2O/c18-16-10-13(11-20)7-8-17(16)21-12-15-5-2-1-4-14(15)6-3-9-19/h1-2,4-5,7-8,10H,9,12,19H2. The monoisotopic (exact) mass is 280 g/mol. The maximum atomic E-state index is 13.7. The Balaban J connectivity index is 2.15. The molecule has 0 amide bonds. The zero-order valence-electron chi connectivity index (χ0n) is 11.3. The molecule has 0 aliphatic rings. The number of hydrogen-bond acceptors (Lipinski definition) is 3. The molecule has 2 rings (SSSR count). The van der Waals surface area contributed by atoms with Gasteiger partial charge in [-0.15, -0.1) is 0 Å². The summed E-state index contributed by atoms with van der Waals surface area (Å²) in [6.07, 6.45) is 0. The lowest BCUT2D eigenvalue weighted by atomic mass is 10.1. The van der Waals surface area contributed by atoms with E-state index in [2.05, 4.69) is 11.8 Å². The number of nitrogens with zero attached hydrogens (tertiary/aromatic N) is 1. The lowest BCUT2D eigenvalue weighted by molar-refractivity contribution is 0.290. The second kappa shape index (κ2) is 7.09. The van der Waals surface area contributed by atoms with Crippen LogP contribution < -0.4 is 10.5 Å². The van der Waals surface area contributed by atoms with E-state index >= 15 is 0 Å². The molecule has 0 saturated carbocycles. The highest BCUT2D eigenvalue weighted by molar-refractivity contribution is 5.42. The summed E-state index contributed by atoms with van der Waals surface area (Å²) in [6.45, 7) is 0.470. The zero-order chi connectivity index (χ0) is 15.1. The molecule has 0 aliphatic heterocycles. The first-order chi connectivity index (χ1) is 10.2. The van der Waals surface area contributed by atoms with Crippen LogP contribution in [0.5, 0.6) is 5.75 Å². The Morgan fingerprint density at radius 2 is 2.00 bits per heavy atom. The Bertz CT molecular complexity index is 738. The molecule has 0 bridgehead atoms. The molecule has 0 fully saturated rings. The molecule has 2 aromatic carbocycles. The summed E-state index contributed by atoms with van der Waals surface area (Å²) < 4.78 is 19.2. The summed E-state index contributed by atoms with van der Waals surface area (Å²) in [4.78, 5) is 0. The second-order valence-electron chi connectivity index (χ2n) is 4.21. The number of benzene rings is 2. The minimum atomic E-state index is -0.556. The van der Waals surface area contributed by atoms with Gasteiger partial charge in [0.15, 0.2) is 11.6 Å². The molecule has 2 N–H and O–H groups in total. The minimum Gasteiger partial charge on any atom is -0.486 e. The van der Waals surface area contributed by atoms with Crippen molar-refractivity contribution in [3.63, 3.8) is 0 Å². The van der Waals surface area contributed by atoms with E-state index in [1.54, 1.807) is 0 Å². The third-order valence-electron chi connectivity index (χ3n) is 2.79. The van der Waals surface area contributed by atoms with Crippen LogP contribution in [-0.4, -0.2) is 6.54 Å². The fourth-order valence-corrected chi connectivity index (χ4v) is 1.76. The van der Waals surface area contributed by atoms with Crippen molar-refractivity contribution in [2.24, 2.45) is 5.73 Å². The topological polar surface area (TPSA) is 59.0 Å². The van der Waals surface area contributed by atoms with E-state index in [-0.39, 0.29) is 24.5 Å². The minimum absolute atomic E-state index is 0.107. The van der Waals surface area contributed by atoms with Gasteiger partial charge in [-0.1, -0.05) is 30.0 Å². The second-order valence-corrected chi connectivity index (χ2v) is 4.21. The van der Waals surface area contributed by atoms with Gasteiger partial charge in [0.05, 0.1) is 18.2 Å². The first-order valence-electron chi connectivity index (χ1n) is 6.34. The molecule has 0 aromatic heterocycles. The van der Waals surface area contributed by atoms with E-state index in [1.165, 1.54) is 12.1 Å². The maximum absolute atomic E-state index is 13.7. The molecule has 0 unspecified atom stereocenters. The van der Waals surface area contributed by atoms with Gasteiger partial charge in [-0.05, 0) is 24.3 Å². The molecule has 3 nitrogen and oxygen atoms in total. The van der Waals surface area contributed by atoms with Crippen molar-refractivity contribution in [2.45, 2.75) is 6.61 Å². The number of nitrogens with two attached hydrogens (primary N) is 1. The van der Waals surface area contributed by atoms with Crippen LogP contribution in [0.1, 0.15) is 16.7 Å². The summed E-state index contributed by atoms with van der Waals surface area (Å²) >= 11 is 0. The van der Waals surface area contributed by atoms with Gasteiger partial charge in [0, 0.05) is 11.1 Å². The number of rotatable bonds is 3. The number of nitriles is 1. The zero-order valence-corrected chi connectivity index (χ0v) is 11.3. The van der Waals surface area contributed by atoms with Gasteiger partial charge in [-0.2, -0.15) is 5.26 Å². The van der Waals surface area contributed by atoms with E-state index in [4.69, 9.17) is 15.7 Å². The van der Waals surface area contributed by atoms with Crippen LogP contribution in [0.25, 0.3) is 0 Å². The molecular weight excluding hydrogens is 267 g/mol. The normalized spacial score (nSPS) is 9.38. The van der Waals surface area contributed by atoms with Gasteiger partial charge in [-0.3, -0.25) is 0 Å². The van der Waals surface area contributed by atoms with Crippen LogP contribution in [0.2, 0.25) is 0 Å². The maximum Gasteiger partial charge on any atom is 0.166 e. The lowest BCUT2D eigenvalue weighted by Crippen LogP contribution is -2.00. The van der Waals surface area contributed by atoms with Crippen molar-refractivity contribution < 1.29 is 9.13 Å². The predicted octanol–water partition coefficient (Wildman–Crippen LogP) is 2.59. The Labute approximate surface area is 122 Å². The van der Waals surface area contributed by atoms with Gasteiger partial charge in [0.1, 0.15) is 6.61 Å². The van der Waals surface area contributed by atoms with E-state index in [0.717, 1.165) is 17.2 Å². The Morgan fingerprint density at radius 1 is 1.19 bits per heavy atom. The van der Waals surface area contributed by atoms with Gasteiger partial charge < -0.3 is 10.5 Å². The SMILES string of the molecule is N#Cc1ccc(OCc2ccccc2C#CCN)c(F)c1. The van der Waals surface area contributed by atoms with Crippen molar-refractivity contribution in [1.29, 1.82) is 5.26 Å². The molecule has 4 heteroatoms. The van der Waals surface area contributed by atoms with E-state index in [0.29, 0.717) is 0 Å². The summed E-state index contributed by atoms with van der Waals surface area (Å²) in [5.41, 5.74) is 7.27. The molecule has 0 saturated heterocycles. The smallest absolute Gasteiger partial charge is 0.166 e. The van der Waals surface area contributed by atoms with Gasteiger partial charge in [0.25, 0.3) is 0 Å². The summed E-state index contributed by atoms with van der Waals surface area (Å²) in [6, 6.07) is 13.4. The lowest BCUT2D eigenvalue weighted by Gasteiger charge is -2.09. The van der Waals surface area contributed by atoms with Crippen molar-refractivity contribution in [3.05, 3.63) is 65.0 Å². The number of halogens is 1. The van der Waals surface area contributed by atoms with Crippen LogP contribution in [-0.2, 0) is 6.61 Å². The van der Waals surface area contributed by atoms with Crippen LogP contribution in [0, 0.1) is 29.0 Å². The highest BCUT2D eigenvalue weighted by Gasteiger charge is 2.06. The van der Waals surface area contributed by atoms with E-state index in [1.807, 2.05) is 30.3 Å². The fourth-order valence-electron chi connectivity index (χ4n) is 1.76. The third-order valence-corrected chi connectivity index (χ3v) is 2.79. The van der Waals surface area contributed by atoms with Crippen molar-refractivity contribution in [2.75, 3.05) is 6.54 Å². The summed E-state index contributed by atoms with van der Waals surface area (Å²) in [5.74, 6) is 5.28. The average Bonchev–Trinajstić information content (AvgIpc) is 2.52. The van der Waals surface area contributed by atoms with Crippen LogP contribution >= 0.6 is 0 Å². The first kappa shape index (κ1) is 14.6. The van der Waals surface area contributed by atoms with Crippen molar-refractivity contribution >= 4 is 0 Å². The number of hydrogen-bond donors (Lipinski definition) is 1. The highest BCUT2D eigenvalue weighted by atomic mass is 19.1. The fraction of sp³-hybridized carbons (Fsp3) is 0.118. The summed E-state index contributed by atoms with van der Waals surface area (Å²) in [7, 11) is 0. The summed E-state index contributed by atoms with van der Waals surface area (Å²) in [5, 5.41) is 8.70.